The van der Waals surface area contributed by atoms with E-state index in [1.54, 1.807) is 0 Å². The Bertz CT molecular complexity index is 1270. The van der Waals surface area contributed by atoms with E-state index in [4.69, 9.17) is 4.98 Å². The number of amides is 1. The number of rotatable bonds is 6. The molecule has 0 aliphatic heterocycles. The molecule has 0 unspecified atom stereocenters. The second kappa shape index (κ2) is 8.34. The third-order valence-corrected chi connectivity index (χ3v) is 5.66. The third-order valence-electron chi connectivity index (χ3n) is 5.66. The quantitative estimate of drug-likeness (QED) is 0.484. The highest BCUT2D eigenvalue weighted by molar-refractivity contribution is 6.07. The van der Waals surface area contributed by atoms with Crippen LogP contribution in [-0.4, -0.2) is 37.0 Å². The second-order valence-corrected chi connectivity index (χ2v) is 8.00. The van der Waals surface area contributed by atoms with Crippen LogP contribution in [0.15, 0.2) is 36.4 Å². The smallest absolute Gasteiger partial charge is 0.252 e. The summed E-state index contributed by atoms with van der Waals surface area (Å²) in [6.45, 7) is 9.38. The van der Waals surface area contributed by atoms with Crippen molar-refractivity contribution in [2.24, 2.45) is 7.05 Å². The minimum absolute atomic E-state index is 0.0904. The largest absolute Gasteiger partial charge is 0.352 e. The van der Waals surface area contributed by atoms with Gasteiger partial charge in [-0.25, -0.2) is 4.98 Å². The molecular formula is C24H28N6O. The van der Waals surface area contributed by atoms with Gasteiger partial charge in [-0.2, -0.15) is 10.2 Å². The zero-order valence-electron chi connectivity index (χ0n) is 18.7. The van der Waals surface area contributed by atoms with E-state index in [0.29, 0.717) is 12.1 Å². The van der Waals surface area contributed by atoms with Crippen LogP contribution in [0.1, 0.15) is 39.6 Å². The van der Waals surface area contributed by atoms with E-state index in [2.05, 4.69) is 21.6 Å². The zero-order chi connectivity index (χ0) is 22.1. The first-order chi connectivity index (χ1) is 14.8. The van der Waals surface area contributed by atoms with Crippen LogP contribution in [0.5, 0.6) is 0 Å². The molecule has 4 rings (SSSR count). The fraction of sp³-hybridized carbons (Fsp3) is 0.333. The van der Waals surface area contributed by atoms with Gasteiger partial charge in [0.05, 0.1) is 28.2 Å². The molecule has 3 aromatic heterocycles. The van der Waals surface area contributed by atoms with Crippen LogP contribution in [0, 0.1) is 27.7 Å². The number of nitrogens with zero attached hydrogens (tertiary/aromatic N) is 5. The number of para-hydroxylation sites is 1. The minimum Gasteiger partial charge on any atom is -0.352 e. The number of nitrogens with one attached hydrogen (secondary N) is 1. The standard InChI is InChI=1S/C24H28N6O/c1-15-13-16(2)30(27-15)12-8-11-25-24(31)20-14-22(23-17(3)28-29(5)18(23)4)26-21-10-7-6-9-19(20)21/h6-7,9-10,13-14H,8,11-12H2,1-5H3,(H,25,31). The number of fused-ring (bicyclic) bond motifs is 1. The van der Waals surface area contributed by atoms with E-state index in [-0.39, 0.29) is 5.91 Å². The molecule has 0 fully saturated rings. The van der Waals surface area contributed by atoms with Crippen molar-refractivity contribution < 1.29 is 4.79 Å². The van der Waals surface area contributed by atoms with Gasteiger partial charge in [0.25, 0.3) is 5.91 Å². The van der Waals surface area contributed by atoms with E-state index >= 15 is 0 Å². The molecule has 0 saturated carbocycles. The predicted molar refractivity (Wildman–Crippen MR) is 122 cm³/mol. The fourth-order valence-electron chi connectivity index (χ4n) is 4.06. The molecule has 0 atom stereocenters. The molecule has 4 aromatic rings. The molecule has 1 N–H and O–H groups in total. The highest BCUT2D eigenvalue weighted by atomic mass is 16.1. The summed E-state index contributed by atoms with van der Waals surface area (Å²) < 4.78 is 3.83. The van der Waals surface area contributed by atoms with Crippen LogP contribution in [0.4, 0.5) is 0 Å². The van der Waals surface area contributed by atoms with Crippen LogP contribution < -0.4 is 5.32 Å². The number of hydrogen-bond acceptors (Lipinski definition) is 4. The number of hydrogen-bond donors (Lipinski definition) is 1. The first kappa shape index (κ1) is 20.8. The summed E-state index contributed by atoms with van der Waals surface area (Å²) >= 11 is 0. The molecule has 0 bridgehead atoms. The fourth-order valence-corrected chi connectivity index (χ4v) is 4.06. The number of carbonyl (C=O) groups is 1. The summed E-state index contributed by atoms with van der Waals surface area (Å²) in [5, 5.41) is 12.9. The maximum absolute atomic E-state index is 13.1. The first-order valence-electron chi connectivity index (χ1n) is 10.5. The molecule has 1 amide bonds. The molecule has 0 spiro atoms. The average Bonchev–Trinajstić information content (AvgIpc) is 3.20. The summed E-state index contributed by atoms with van der Waals surface area (Å²) in [5.74, 6) is -0.0904. The molecule has 7 nitrogen and oxygen atoms in total. The molecule has 0 aliphatic carbocycles. The lowest BCUT2D eigenvalue weighted by Gasteiger charge is -2.11. The summed E-state index contributed by atoms with van der Waals surface area (Å²) in [7, 11) is 1.92. The van der Waals surface area contributed by atoms with Crippen LogP contribution in [-0.2, 0) is 13.6 Å². The van der Waals surface area contributed by atoms with E-state index < -0.39 is 0 Å². The molecule has 160 valence electrons. The Morgan fingerprint density at radius 1 is 1.06 bits per heavy atom. The minimum atomic E-state index is -0.0904. The number of benzene rings is 1. The van der Waals surface area contributed by atoms with Gasteiger partial charge in [0.15, 0.2) is 0 Å². The van der Waals surface area contributed by atoms with Gasteiger partial charge in [-0.05, 0) is 52.3 Å². The number of carbonyl (C=O) groups excluding carboxylic acids is 1. The van der Waals surface area contributed by atoms with Crippen molar-refractivity contribution in [2.75, 3.05) is 6.54 Å². The van der Waals surface area contributed by atoms with Crippen molar-refractivity contribution in [3.8, 4) is 11.3 Å². The van der Waals surface area contributed by atoms with Gasteiger partial charge in [-0.1, -0.05) is 18.2 Å². The third kappa shape index (κ3) is 4.08. The van der Waals surface area contributed by atoms with Crippen molar-refractivity contribution in [3.63, 3.8) is 0 Å². The molecule has 0 saturated heterocycles. The highest BCUT2D eigenvalue weighted by Crippen LogP contribution is 2.29. The molecular weight excluding hydrogens is 388 g/mol. The van der Waals surface area contributed by atoms with E-state index in [0.717, 1.165) is 57.9 Å². The Labute approximate surface area is 182 Å². The van der Waals surface area contributed by atoms with Gasteiger partial charge in [-0.3, -0.25) is 14.2 Å². The van der Waals surface area contributed by atoms with Gasteiger partial charge in [0.1, 0.15) is 0 Å². The maximum Gasteiger partial charge on any atom is 0.252 e. The number of aryl methyl sites for hydroxylation is 5. The van der Waals surface area contributed by atoms with Crippen LogP contribution >= 0.6 is 0 Å². The Hall–Kier alpha value is -3.48. The van der Waals surface area contributed by atoms with Gasteiger partial charge >= 0.3 is 0 Å². The van der Waals surface area contributed by atoms with E-state index in [9.17, 15) is 4.79 Å². The van der Waals surface area contributed by atoms with Crippen LogP contribution in [0.2, 0.25) is 0 Å². The molecule has 1 aromatic carbocycles. The Kier molecular flexibility index (Phi) is 5.59. The van der Waals surface area contributed by atoms with Crippen molar-refractivity contribution >= 4 is 16.8 Å². The Balaban J connectivity index is 1.58. The lowest BCUT2D eigenvalue weighted by atomic mass is 10.0. The molecule has 3 heterocycles. The topological polar surface area (TPSA) is 77.6 Å². The van der Waals surface area contributed by atoms with Gasteiger partial charge < -0.3 is 5.32 Å². The van der Waals surface area contributed by atoms with Crippen LogP contribution in [0.3, 0.4) is 0 Å². The normalized spacial score (nSPS) is 11.3. The molecule has 7 heteroatoms. The summed E-state index contributed by atoms with van der Waals surface area (Å²) in [4.78, 5) is 17.9. The molecule has 31 heavy (non-hydrogen) atoms. The average molecular weight is 417 g/mol. The first-order valence-corrected chi connectivity index (χ1v) is 10.5. The van der Waals surface area contributed by atoms with Crippen LogP contribution in [0.25, 0.3) is 22.2 Å². The monoisotopic (exact) mass is 416 g/mol. The Morgan fingerprint density at radius 2 is 1.84 bits per heavy atom. The highest BCUT2D eigenvalue weighted by Gasteiger charge is 2.18. The Morgan fingerprint density at radius 3 is 2.52 bits per heavy atom. The second-order valence-electron chi connectivity index (χ2n) is 8.00. The molecule has 0 radical (unpaired) electrons. The van der Waals surface area contributed by atoms with Crippen molar-refractivity contribution in [1.29, 1.82) is 0 Å². The predicted octanol–water partition coefficient (Wildman–Crippen LogP) is 3.89. The SMILES string of the molecule is Cc1cc(C)n(CCCNC(=O)c2cc(-c3c(C)nn(C)c3C)nc3ccccc23)n1. The van der Waals surface area contributed by atoms with Gasteiger partial charge in [0, 0.05) is 42.5 Å². The number of aromatic nitrogens is 5. The number of pyridine rings is 1. The molecule has 0 aliphatic rings. The van der Waals surface area contributed by atoms with Crippen molar-refractivity contribution in [1.82, 2.24) is 29.9 Å². The van der Waals surface area contributed by atoms with E-state index in [1.807, 2.05) is 74.4 Å². The maximum atomic E-state index is 13.1. The van der Waals surface area contributed by atoms with Crippen molar-refractivity contribution in [3.05, 3.63) is 64.7 Å². The van der Waals surface area contributed by atoms with Crippen molar-refractivity contribution in [2.45, 2.75) is 40.7 Å². The lowest BCUT2D eigenvalue weighted by Crippen LogP contribution is -2.26. The zero-order valence-corrected chi connectivity index (χ0v) is 18.7. The van der Waals surface area contributed by atoms with Gasteiger partial charge in [-0.15, -0.1) is 0 Å². The summed E-state index contributed by atoms with van der Waals surface area (Å²) in [6.07, 6.45) is 0.810. The summed E-state index contributed by atoms with van der Waals surface area (Å²) in [6, 6.07) is 11.7. The lowest BCUT2D eigenvalue weighted by molar-refractivity contribution is 0.0954. The van der Waals surface area contributed by atoms with E-state index in [1.165, 1.54) is 0 Å². The van der Waals surface area contributed by atoms with Gasteiger partial charge in [0.2, 0.25) is 0 Å². The summed E-state index contributed by atoms with van der Waals surface area (Å²) in [5.41, 5.74) is 7.26.